The van der Waals surface area contributed by atoms with Crippen molar-refractivity contribution in [1.82, 2.24) is 9.80 Å². The molecule has 1 heterocycles. The average molecular weight is 237 g/mol. The average Bonchev–Trinajstić information content (AvgIpc) is 2.76. The van der Waals surface area contributed by atoms with E-state index in [1.54, 1.807) is 0 Å². The molecular formula is C13H23N3O. The molecule has 4 heteroatoms. The summed E-state index contributed by atoms with van der Waals surface area (Å²) in [5.74, 6) is 0.370. The number of piperazine rings is 1. The molecular weight excluding hydrogens is 214 g/mol. The molecule has 1 saturated heterocycles. The number of nitrogens with two attached hydrogens (primary N) is 1. The molecule has 2 atom stereocenters. The van der Waals surface area contributed by atoms with E-state index in [4.69, 9.17) is 5.73 Å². The van der Waals surface area contributed by atoms with Gasteiger partial charge in [-0.2, -0.15) is 0 Å². The predicted molar refractivity (Wildman–Crippen MR) is 68.5 cm³/mol. The second kappa shape index (κ2) is 5.65. The highest BCUT2D eigenvalue weighted by Gasteiger charge is 2.34. The van der Waals surface area contributed by atoms with Crippen LogP contribution < -0.4 is 5.73 Å². The molecule has 1 saturated carbocycles. The number of carbonyl (C=O) groups excluding carboxylic acids is 1. The van der Waals surface area contributed by atoms with Crippen LogP contribution in [0, 0.1) is 5.92 Å². The SMILES string of the molecule is C=CCN1CCN(C(=O)C2CCCC2N)CC1. The first-order chi connectivity index (χ1) is 8.22. The van der Waals surface area contributed by atoms with Crippen molar-refractivity contribution in [2.24, 2.45) is 11.7 Å². The van der Waals surface area contributed by atoms with Gasteiger partial charge in [0.15, 0.2) is 0 Å². The minimum absolute atomic E-state index is 0.0842. The van der Waals surface area contributed by atoms with Crippen molar-refractivity contribution in [2.75, 3.05) is 32.7 Å². The Bertz CT molecular complexity index is 284. The summed E-state index contributed by atoms with van der Waals surface area (Å²) in [6.45, 7) is 8.27. The molecule has 0 radical (unpaired) electrons. The summed E-state index contributed by atoms with van der Waals surface area (Å²) in [4.78, 5) is 16.6. The molecule has 2 rings (SSSR count). The van der Waals surface area contributed by atoms with Gasteiger partial charge in [-0.1, -0.05) is 12.5 Å². The van der Waals surface area contributed by atoms with E-state index >= 15 is 0 Å². The van der Waals surface area contributed by atoms with Crippen LogP contribution in [0.5, 0.6) is 0 Å². The molecule has 1 aliphatic carbocycles. The second-order valence-electron chi connectivity index (χ2n) is 5.12. The van der Waals surface area contributed by atoms with Crippen LogP contribution >= 0.6 is 0 Å². The van der Waals surface area contributed by atoms with Crippen LogP contribution in [0.2, 0.25) is 0 Å². The van der Waals surface area contributed by atoms with E-state index in [-0.39, 0.29) is 17.9 Å². The molecule has 4 nitrogen and oxygen atoms in total. The number of hydrogen-bond acceptors (Lipinski definition) is 3. The molecule has 17 heavy (non-hydrogen) atoms. The maximum atomic E-state index is 12.3. The fourth-order valence-corrected chi connectivity index (χ4v) is 2.86. The molecule has 0 spiro atoms. The molecule has 0 aromatic carbocycles. The van der Waals surface area contributed by atoms with E-state index in [9.17, 15) is 4.79 Å². The summed E-state index contributed by atoms with van der Waals surface area (Å²) in [6, 6.07) is 0.0914. The lowest BCUT2D eigenvalue weighted by molar-refractivity contribution is -0.137. The molecule has 0 bridgehead atoms. The summed E-state index contributed by atoms with van der Waals surface area (Å²) >= 11 is 0. The number of nitrogens with zero attached hydrogens (tertiary/aromatic N) is 2. The van der Waals surface area contributed by atoms with Crippen LogP contribution in [0.1, 0.15) is 19.3 Å². The van der Waals surface area contributed by atoms with Crippen molar-refractivity contribution in [3.8, 4) is 0 Å². The molecule has 2 N–H and O–H groups in total. The van der Waals surface area contributed by atoms with Crippen LogP contribution in [0.15, 0.2) is 12.7 Å². The van der Waals surface area contributed by atoms with Crippen LogP contribution in [-0.4, -0.2) is 54.5 Å². The van der Waals surface area contributed by atoms with E-state index in [0.717, 1.165) is 52.0 Å². The lowest BCUT2D eigenvalue weighted by atomic mass is 10.0. The van der Waals surface area contributed by atoms with Crippen LogP contribution in [0.25, 0.3) is 0 Å². The van der Waals surface area contributed by atoms with E-state index < -0.39 is 0 Å². The maximum absolute atomic E-state index is 12.3. The molecule has 0 aromatic heterocycles. The smallest absolute Gasteiger partial charge is 0.227 e. The van der Waals surface area contributed by atoms with Gasteiger partial charge < -0.3 is 10.6 Å². The lowest BCUT2D eigenvalue weighted by Crippen LogP contribution is -2.51. The standard InChI is InChI=1S/C13H23N3O/c1-2-6-15-7-9-16(10-8-15)13(17)11-4-3-5-12(11)14/h2,11-12H,1,3-10,14H2. The topological polar surface area (TPSA) is 49.6 Å². The van der Waals surface area contributed by atoms with Gasteiger partial charge in [-0.25, -0.2) is 0 Å². The normalized spacial score (nSPS) is 30.5. The van der Waals surface area contributed by atoms with E-state index in [0.29, 0.717) is 0 Å². The third-order valence-corrected chi connectivity index (χ3v) is 3.96. The zero-order valence-corrected chi connectivity index (χ0v) is 10.5. The van der Waals surface area contributed by atoms with Gasteiger partial charge in [0.25, 0.3) is 0 Å². The van der Waals surface area contributed by atoms with Crippen molar-refractivity contribution in [2.45, 2.75) is 25.3 Å². The summed E-state index contributed by atoms with van der Waals surface area (Å²) in [7, 11) is 0. The highest BCUT2D eigenvalue weighted by Crippen LogP contribution is 2.26. The Morgan fingerprint density at radius 2 is 2.00 bits per heavy atom. The summed E-state index contributed by atoms with van der Waals surface area (Å²) in [5, 5.41) is 0. The quantitative estimate of drug-likeness (QED) is 0.725. The molecule has 2 unspecified atom stereocenters. The first kappa shape index (κ1) is 12.6. The van der Waals surface area contributed by atoms with Crippen molar-refractivity contribution in [1.29, 1.82) is 0 Å². The van der Waals surface area contributed by atoms with Gasteiger partial charge in [-0.3, -0.25) is 9.69 Å². The highest BCUT2D eigenvalue weighted by atomic mass is 16.2. The predicted octanol–water partition coefficient (Wildman–Crippen LogP) is 0.444. The number of carbonyl (C=O) groups is 1. The number of hydrogen-bond donors (Lipinski definition) is 1. The van der Waals surface area contributed by atoms with Crippen LogP contribution in [0.4, 0.5) is 0 Å². The highest BCUT2D eigenvalue weighted by molar-refractivity contribution is 5.80. The van der Waals surface area contributed by atoms with Gasteiger partial charge in [0, 0.05) is 38.8 Å². The molecule has 2 aliphatic rings. The van der Waals surface area contributed by atoms with Crippen molar-refractivity contribution in [3.05, 3.63) is 12.7 Å². The molecule has 1 amide bonds. The van der Waals surface area contributed by atoms with Gasteiger partial charge in [0.1, 0.15) is 0 Å². The zero-order chi connectivity index (χ0) is 12.3. The maximum Gasteiger partial charge on any atom is 0.227 e. The van der Waals surface area contributed by atoms with E-state index in [2.05, 4.69) is 11.5 Å². The minimum atomic E-state index is 0.0842. The first-order valence-electron chi connectivity index (χ1n) is 6.60. The summed E-state index contributed by atoms with van der Waals surface area (Å²) in [6.07, 6.45) is 5.01. The van der Waals surface area contributed by atoms with Gasteiger partial charge in [-0.15, -0.1) is 6.58 Å². The third-order valence-electron chi connectivity index (χ3n) is 3.96. The van der Waals surface area contributed by atoms with Gasteiger partial charge >= 0.3 is 0 Å². The first-order valence-corrected chi connectivity index (χ1v) is 6.60. The summed E-state index contributed by atoms with van der Waals surface area (Å²) in [5.41, 5.74) is 5.99. The van der Waals surface area contributed by atoms with Crippen LogP contribution in [0.3, 0.4) is 0 Å². The zero-order valence-electron chi connectivity index (χ0n) is 10.5. The third kappa shape index (κ3) is 2.87. The molecule has 96 valence electrons. The minimum Gasteiger partial charge on any atom is -0.340 e. The Morgan fingerprint density at radius 1 is 1.29 bits per heavy atom. The van der Waals surface area contributed by atoms with E-state index in [1.165, 1.54) is 0 Å². The Balaban J connectivity index is 1.83. The van der Waals surface area contributed by atoms with Gasteiger partial charge in [-0.05, 0) is 12.8 Å². The van der Waals surface area contributed by atoms with Gasteiger partial charge in [0.05, 0.1) is 5.92 Å². The van der Waals surface area contributed by atoms with Crippen molar-refractivity contribution in [3.63, 3.8) is 0 Å². The molecule has 0 aromatic rings. The fourth-order valence-electron chi connectivity index (χ4n) is 2.86. The Morgan fingerprint density at radius 3 is 2.53 bits per heavy atom. The number of amides is 1. The monoisotopic (exact) mass is 237 g/mol. The van der Waals surface area contributed by atoms with Crippen LogP contribution in [-0.2, 0) is 4.79 Å². The summed E-state index contributed by atoms with van der Waals surface area (Å²) < 4.78 is 0. The second-order valence-corrected chi connectivity index (χ2v) is 5.12. The Hall–Kier alpha value is -0.870. The molecule has 1 aliphatic heterocycles. The number of rotatable bonds is 3. The largest absolute Gasteiger partial charge is 0.340 e. The van der Waals surface area contributed by atoms with E-state index in [1.807, 2.05) is 11.0 Å². The van der Waals surface area contributed by atoms with Gasteiger partial charge in [0.2, 0.25) is 5.91 Å². The Kier molecular flexibility index (Phi) is 4.18. The fraction of sp³-hybridized carbons (Fsp3) is 0.769. The Labute approximate surface area is 103 Å². The lowest BCUT2D eigenvalue weighted by Gasteiger charge is -2.36. The van der Waals surface area contributed by atoms with Crippen molar-refractivity contribution < 1.29 is 4.79 Å². The van der Waals surface area contributed by atoms with Crippen molar-refractivity contribution >= 4 is 5.91 Å². The molecule has 2 fully saturated rings.